The quantitative estimate of drug-likeness (QED) is 0.809. The Morgan fingerprint density at radius 3 is 2.86 bits per heavy atom. The lowest BCUT2D eigenvalue weighted by molar-refractivity contribution is 0.0197. The van der Waals surface area contributed by atoms with Gasteiger partial charge in [-0.25, -0.2) is 0 Å². The predicted molar refractivity (Wildman–Crippen MR) is 87.2 cm³/mol. The van der Waals surface area contributed by atoms with Crippen molar-refractivity contribution >= 4 is 10.9 Å². The molecule has 1 fully saturated rings. The third-order valence-electron chi connectivity index (χ3n) is 5.11. The third-order valence-corrected chi connectivity index (χ3v) is 5.11. The van der Waals surface area contributed by atoms with Crippen molar-refractivity contribution in [3.8, 4) is 0 Å². The zero-order chi connectivity index (χ0) is 14.9. The number of aromatic nitrogens is 1. The zero-order valence-electron chi connectivity index (χ0n) is 13.1. The Labute approximate surface area is 127 Å². The van der Waals surface area contributed by atoms with Crippen LogP contribution in [0.25, 0.3) is 10.9 Å². The molecule has 0 saturated heterocycles. The molecule has 21 heavy (non-hydrogen) atoms. The van der Waals surface area contributed by atoms with Gasteiger partial charge in [0.2, 0.25) is 0 Å². The number of aliphatic hydroxyl groups is 1. The molecule has 2 atom stereocenters. The van der Waals surface area contributed by atoms with E-state index in [9.17, 15) is 5.11 Å². The average Bonchev–Trinajstić information content (AvgIpc) is 2.69. The van der Waals surface area contributed by atoms with Crippen molar-refractivity contribution in [1.29, 1.82) is 0 Å². The highest BCUT2D eigenvalue weighted by Crippen LogP contribution is 2.39. The summed E-state index contributed by atoms with van der Waals surface area (Å²) in [6.45, 7) is 4.27. The number of rotatable bonds is 2. The van der Waals surface area contributed by atoms with Gasteiger partial charge in [-0.2, -0.15) is 0 Å². The predicted octanol–water partition coefficient (Wildman–Crippen LogP) is 4.72. The van der Waals surface area contributed by atoms with Gasteiger partial charge in [-0.15, -0.1) is 0 Å². The molecule has 0 amide bonds. The van der Waals surface area contributed by atoms with Crippen molar-refractivity contribution in [1.82, 2.24) is 4.98 Å². The smallest absolute Gasteiger partial charge is 0.0896 e. The van der Waals surface area contributed by atoms with Gasteiger partial charge in [0.05, 0.1) is 11.1 Å². The largest absolute Gasteiger partial charge is 0.385 e. The maximum atomic E-state index is 11.1. The average molecular weight is 283 g/mol. The molecular formula is C19H25NO. The Kier molecular flexibility index (Phi) is 3.99. The fraction of sp³-hybridized carbons (Fsp3) is 0.526. The molecule has 1 aromatic carbocycles. The van der Waals surface area contributed by atoms with E-state index in [1.54, 1.807) is 0 Å². The minimum Gasteiger partial charge on any atom is -0.385 e. The van der Waals surface area contributed by atoms with Gasteiger partial charge in [-0.1, -0.05) is 31.9 Å². The topological polar surface area (TPSA) is 33.1 Å². The highest BCUT2D eigenvalue weighted by Gasteiger charge is 2.32. The lowest BCUT2D eigenvalue weighted by Crippen LogP contribution is -2.24. The second-order valence-electron chi connectivity index (χ2n) is 6.60. The standard InChI is InChI=1S/C19H25NO/c1-3-15-5-4-11-19(21,12-10-15)17-8-9-18-16(13-17)7-6-14(2)20-18/h6-9,13,15,21H,3-5,10-12H2,1-2H3. The lowest BCUT2D eigenvalue weighted by Gasteiger charge is -2.27. The van der Waals surface area contributed by atoms with Crippen molar-refractivity contribution in [2.24, 2.45) is 5.92 Å². The van der Waals surface area contributed by atoms with Gasteiger partial charge < -0.3 is 5.11 Å². The second kappa shape index (κ2) is 5.76. The first-order valence-corrected chi connectivity index (χ1v) is 8.21. The first-order chi connectivity index (χ1) is 10.1. The molecule has 2 nitrogen and oxygen atoms in total. The minimum atomic E-state index is -0.650. The van der Waals surface area contributed by atoms with E-state index < -0.39 is 5.60 Å². The van der Waals surface area contributed by atoms with Crippen molar-refractivity contribution in [2.45, 2.75) is 58.0 Å². The van der Waals surface area contributed by atoms with Gasteiger partial charge >= 0.3 is 0 Å². The molecule has 1 heterocycles. The minimum absolute atomic E-state index is 0.650. The Bertz CT molecular complexity index is 636. The molecule has 1 N–H and O–H groups in total. The van der Waals surface area contributed by atoms with E-state index in [1.165, 1.54) is 12.8 Å². The van der Waals surface area contributed by atoms with Crippen LogP contribution in [0.15, 0.2) is 30.3 Å². The first kappa shape index (κ1) is 14.5. The van der Waals surface area contributed by atoms with Crippen molar-refractivity contribution < 1.29 is 5.11 Å². The maximum absolute atomic E-state index is 11.1. The number of aryl methyl sites for hydroxylation is 1. The summed E-state index contributed by atoms with van der Waals surface area (Å²) < 4.78 is 0. The number of hydrogen-bond acceptors (Lipinski definition) is 2. The number of benzene rings is 1. The molecule has 1 aromatic heterocycles. The molecule has 2 heteroatoms. The van der Waals surface area contributed by atoms with Crippen LogP contribution in [0.1, 0.15) is 56.7 Å². The van der Waals surface area contributed by atoms with E-state index >= 15 is 0 Å². The van der Waals surface area contributed by atoms with Gasteiger partial charge in [-0.3, -0.25) is 4.98 Å². The summed E-state index contributed by atoms with van der Waals surface area (Å²) in [5, 5.41) is 12.3. The summed E-state index contributed by atoms with van der Waals surface area (Å²) in [7, 11) is 0. The lowest BCUT2D eigenvalue weighted by atomic mass is 9.85. The first-order valence-electron chi connectivity index (χ1n) is 8.21. The van der Waals surface area contributed by atoms with E-state index in [0.717, 1.165) is 53.8 Å². The second-order valence-corrected chi connectivity index (χ2v) is 6.60. The Balaban J connectivity index is 1.93. The van der Waals surface area contributed by atoms with E-state index in [4.69, 9.17) is 0 Å². The molecule has 0 bridgehead atoms. The van der Waals surface area contributed by atoms with Crippen LogP contribution in [0.3, 0.4) is 0 Å². The van der Waals surface area contributed by atoms with Crippen LogP contribution in [0.5, 0.6) is 0 Å². The van der Waals surface area contributed by atoms with Crippen LogP contribution < -0.4 is 0 Å². The van der Waals surface area contributed by atoms with Gasteiger partial charge in [0.1, 0.15) is 0 Å². The van der Waals surface area contributed by atoms with Crippen molar-refractivity contribution in [3.05, 3.63) is 41.6 Å². The van der Waals surface area contributed by atoms with E-state index in [0.29, 0.717) is 0 Å². The molecule has 0 aliphatic heterocycles. The molecule has 0 spiro atoms. The summed E-state index contributed by atoms with van der Waals surface area (Å²) in [5.41, 5.74) is 2.47. The number of nitrogens with zero attached hydrogens (tertiary/aromatic N) is 1. The summed E-state index contributed by atoms with van der Waals surface area (Å²) in [6.07, 6.45) is 6.52. The molecule has 1 aliphatic carbocycles. The summed E-state index contributed by atoms with van der Waals surface area (Å²) in [6, 6.07) is 10.4. The van der Waals surface area contributed by atoms with Crippen LogP contribution in [-0.4, -0.2) is 10.1 Å². The van der Waals surface area contributed by atoms with Crippen LogP contribution in [0.2, 0.25) is 0 Å². The molecule has 2 unspecified atom stereocenters. The summed E-state index contributed by atoms with van der Waals surface area (Å²) >= 11 is 0. The molecule has 1 saturated carbocycles. The van der Waals surface area contributed by atoms with Crippen LogP contribution in [0.4, 0.5) is 0 Å². The van der Waals surface area contributed by atoms with Gasteiger partial charge in [0.15, 0.2) is 0 Å². The van der Waals surface area contributed by atoms with Crippen molar-refractivity contribution in [2.75, 3.05) is 0 Å². The molecule has 3 rings (SSSR count). The van der Waals surface area contributed by atoms with E-state index in [2.05, 4.69) is 36.2 Å². The van der Waals surface area contributed by atoms with Crippen LogP contribution >= 0.6 is 0 Å². The molecule has 2 aromatic rings. The number of hydrogen-bond donors (Lipinski definition) is 1. The monoisotopic (exact) mass is 283 g/mol. The van der Waals surface area contributed by atoms with Crippen LogP contribution in [0, 0.1) is 12.8 Å². The third kappa shape index (κ3) is 2.96. The number of pyridine rings is 1. The van der Waals surface area contributed by atoms with Gasteiger partial charge in [0.25, 0.3) is 0 Å². The zero-order valence-corrected chi connectivity index (χ0v) is 13.1. The summed E-state index contributed by atoms with van der Waals surface area (Å²) in [4.78, 5) is 4.55. The fourth-order valence-electron chi connectivity index (χ4n) is 3.61. The van der Waals surface area contributed by atoms with Gasteiger partial charge in [0, 0.05) is 11.1 Å². The normalized spacial score (nSPS) is 26.7. The SMILES string of the molecule is CCC1CCCC(O)(c2ccc3nc(C)ccc3c2)CC1. The van der Waals surface area contributed by atoms with Crippen LogP contribution in [-0.2, 0) is 5.60 Å². The Morgan fingerprint density at radius 1 is 1.19 bits per heavy atom. The molecule has 0 radical (unpaired) electrons. The molecular weight excluding hydrogens is 258 g/mol. The highest BCUT2D eigenvalue weighted by atomic mass is 16.3. The molecule has 1 aliphatic rings. The van der Waals surface area contributed by atoms with Gasteiger partial charge in [-0.05, 0) is 62.3 Å². The highest BCUT2D eigenvalue weighted by molar-refractivity contribution is 5.79. The van der Waals surface area contributed by atoms with E-state index in [-0.39, 0.29) is 0 Å². The fourth-order valence-corrected chi connectivity index (χ4v) is 3.61. The Morgan fingerprint density at radius 2 is 2.05 bits per heavy atom. The number of fused-ring (bicyclic) bond motifs is 1. The summed E-state index contributed by atoms with van der Waals surface area (Å²) in [5.74, 6) is 0.781. The molecule has 112 valence electrons. The van der Waals surface area contributed by atoms with E-state index in [1.807, 2.05) is 13.0 Å². The Hall–Kier alpha value is -1.41. The maximum Gasteiger partial charge on any atom is 0.0896 e. The van der Waals surface area contributed by atoms with Crippen molar-refractivity contribution in [3.63, 3.8) is 0 Å².